The molecule has 2 heterocycles. The van der Waals surface area contributed by atoms with Gasteiger partial charge in [0.05, 0.1) is 25.0 Å². The first-order valence-corrected chi connectivity index (χ1v) is 8.00. The fourth-order valence-corrected chi connectivity index (χ4v) is 2.45. The number of benzene rings is 1. The number of H-pyrrole nitrogens is 1. The first kappa shape index (κ1) is 16.8. The van der Waals surface area contributed by atoms with Crippen molar-refractivity contribution in [2.24, 2.45) is 0 Å². The van der Waals surface area contributed by atoms with Crippen LogP contribution in [0, 0.1) is 0 Å². The highest BCUT2D eigenvalue weighted by atomic mass is 16.5. The number of hydrogen-bond acceptors (Lipinski definition) is 5. The molecule has 7 heteroatoms. The van der Waals surface area contributed by atoms with Crippen LogP contribution in [0.4, 0.5) is 0 Å². The third-order valence-electron chi connectivity index (χ3n) is 3.90. The summed E-state index contributed by atoms with van der Waals surface area (Å²) < 4.78 is 10.4. The number of nitrogens with one attached hydrogen (secondary N) is 1. The number of rotatable bonds is 6. The molecule has 0 fully saturated rings. The Hall–Kier alpha value is -3.09. The second-order valence-electron chi connectivity index (χ2n) is 5.69. The summed E-state index contributed by atoms with van der Waals surface area (Å²) in [4.78, 5) is 14.1. The molecule has 0 aliphatic heterocycles. The summed E-state index contributed by atoms with van der Waals surface area (Å²) in [6, 6.07) is 11.1. The van der Waals surface area contributed by atoms with Crippen LogP contribution < -0.4 is 4.74 Å². The Morgan fingerprint density at radius 3 is 2.68 bits per heavy atom. The standard InChI is InChI=1S/C18H20N4O3/c1-4-13-9-15(25-21-13)11-22(2)18(23)17-10-16(19-20-17)12-5-7-14(24-3)8-6-12/h5-10H,4,11H2,1-3H3,(H,19,20). The van der Waals surface area contributed by atoms with E-state index in [9.17, 15) is 4.79 Å². The Kier molecular flexibility index (Phi) is 4.83. The van der Waals surface area contributed by atoms with E-state index < -0.39 is 0 Å². The van der Waals surface area contributed by atoms with E-state index in [1.165, 1.54) is 0 Å². The van der Waals surface area contributed by atoms with Gasteiger partial charge in [-0.05, 0) is 36.8 Å². The molecule has 7 nitrogen and oxygen atoms in total. The van der Waals surface area contributed by atoms with Gasteiger partial charge in [-0.25, -0.2) is 0 Å². The van der Waals surface area contributed by atoms with Crippen LogP contribution in [0.1, 0.15) is 28.9 Å². The Balaban J connectivity index is 1.70. The van der Waals surface area contributed by atoms with E-state index in [4.69, 9.17) is 9.26 Å². The Morgan fingerprint density at radius 2 is 2.04 bits per heavy atom. The van der Waals surface area contributed by atoms with Gasteiger partial charge in [0.15, 0.2) is 5.76 Å². The number of hydrogen-bond donors (Lipinski definition) is 1. The lowest BCUT2D eigenvalue weighted by Gasteiger charge is -2.13. The molecule has 0 saturated carbocycles. The number of carbonyl (C=O) groups excluding carboxylic acids is 1. The van der Waals surface area contributed by atoms with Crippen molar-refractivity contribution in [3.63, 3.8) is 0 Å². The van der Waals surface area contributed by atoms with Crippen LogP contribution in [-0.2, 0) is 13.0 Å². The summed E-state index contributed by atoms with van der Waals surface area (Å²) in [6.07, 6.45) is 0.799. The summed E-state index contributed by atoms with van der Waals surface area (Å²) >= 11 is 0. The largest absolute Gasteiger partial charge is 0.497 e. The van der Waals surface area contributed by atoms with Crippen molar-refractivity contribution in [1.82, 2.24) is 20.3 Å². The molecule has 0 spiro atoms. The van der Waals surface area contributed by atoms with E-state index in [1.54, 1.807) is 25.1 Å². The number of methoxy groups -OCH3 is 1. The third-order valence-corrected chi connectivity index (χ3v) is 3.90. The minimum atomic E-state index is -0.165. The maximum Gasteiger partial charge on any atom is 0.272 e. The Labute approximate surface area is 145 Å². The molecular formula is C18H20N4O3. The number of aromatic amines is 1. The summed E-state index contributed by atoms with van der Waals surface area (Å²) in [5, 5.41) is 11.0. The van der Waals surface area contributed by atoms with Crippen molar-refractivity contribution in [3.05, 3.63) is 53.5 Å². The SMILES string of the molecule is CCc1cc(CN(C)C(=O)c2cc(-c3ccc(OC)cc3)n[nH]2)on1. The van der Waals surface area contributed by atoms with Crippen LogP contribution >= 0.6 is 0 Å². The summed E-state index contributed by atoms with van der Waals surface area (Å²) in [6.45, 7) is 2.35. The molecule has 1 amide bonds. The predicted molar refractivity (Wildman–Crippen MR) is 92.3 cm³/mol. The first-order chi connectivity index (χ1) is 12.1. The second kappa shape index (κ2) is 7.21. The van der Waals surface area contributed by atoms with Crippen LogP contribution in [0.25, 0.3) is 11.3 Å². The monoisotopic (exact) mass is 340 g/mol. The summed E-state index contributed by atoms with van der Waals surface area (Å²) in [7, 11) is 3.33. The molecule has 0 radical (unpaired) electrons. The Bertz CT molecular complexity index is 851. The first-order valence-electron chi connectivity index (χ1n) is 8.00. The number of amides is 1. The normalized spacial score (nSPS) is 10.7. The average Bonchev–Trinajstić information content (AvgIpc) is 3.30. The zero-order valence-corrected chi connectivity index (χ0v) is 14.4. The van der Waals surface area contributed by atoms with Gasteiger partial charge in [0, 0.05) is 18.7 Å². The molecule has 0 bridgehead atoms. The van der Waals surface area contributed by atoms with Gasteiger partial charge in [-0.2, -0.15) is 5.10 Å². The molecule has 0 atom stereocenters. The molecule has 3 aromatic rings. The summed E-state index contributed by atoms with van der Waals surface area (Å²) in [5.41, 5.74) is 2.90. The van der Waals surface area contributed by atoms with Crippen molar-refractivity contribution < 1.29 is 14.1 Å². The molecular weight excluding hydrogens is 320 g/mol. The molecule has 0 unspecified atom stereocenters. The minimum Gasteiger partial charge on any atom is -0.497 e. The van der Waals surface area contributed by atoms with E-state index in [-0.39, 0.29) is 5.91 Å². The molecule has 0 saturated heterocycles. The van der Waals surface area contributed by atoms with Gasteiger partial charge in [-0.1, -0.05) is 12.1 Å². The van der Waals surface area contributed by atoms with Crippen LogP contribution in [0.2, 0.25) is 0 Å². The van der Waals surface area contributed by atoms with E-state index in [1.807, 2.05) is 37.3 Å². The Morgan fingerprint density at radius 1 is 1.28 bits per heavy atom. The van der Waals surface area contributed by atoms with Gasteiger partial charge in [-0.15, -0.1) is 0 Å². The highest BCUT2D eigenvalue weighted by Crippen LogP contribution is 2.21. The molecule has 1 aromatic carbocycles. The molecule has 1 N–H and O–H groups in total. The quantitative estimate of drug-likeness (QED) is 0.746. The van der Waals surface area contributed by atoms with Gasteiger partial charge in [-0.3, -0.25) is 9.89 Å². The van der Waals surface area contributed by atoms with Crippen LogP contribution in [0.15, 0.2) is 40.9 Å². The number of nitrogens with zero attached hydrogens (tertiary/aromatic N) is 3. The van der Waals surface area contributed by atoms with E-state index >= 15 is 0 Å². The summed E-state index contributed by atoms with van der Waals surface area (Å²) in [5.74, 6) is 1.26. The van der Waals surface area contributed by atoms with E-state index in [0.29, 0.717) is 23.7 Å². The van der Waals surface area contributed by atoms with Crippen molar-refractivity contribution in [2.45, 2.75) is 19.9 Å². The molecule has 2 aromatic heterocycles. The zero-order valence-electron chi connectivity index (χ0n) is 14.4. The van der Waals surface area contributed by atoms with Gasteiger partial charge in [0.2, 0.25) is 0 Å². The van der Waals surface area contributed by atoms with E-state index in [0.717, 1.165) is 23.4 Å². The highest BCUT2D eigenvalue weighted by Gasteiger charge is 2.17. The maximum absolute atomic E-state index is 12.5. The molecule has 25 heavy (non-hydrogen) atoms. The smallest absolute Gasteiger partial charge is 0.272 e. The molecule has 0 aliphatic rings. The van der Waals surface area contributed by atoms with Crippen LogP contribution in [0.5, 0.6) is 5.75 Å². The minimum absolute atomic E-state index is 0.165. The number of aromatic nitrogens is 3. The number of carbonyl (C=O) groups is 1. The molecule has 0 aliphatic carbocycles. The van der Waals surface area contributed by atoms with Crippen molar-refractivity contribution in [1.29, 1.82) is 0 Å². The van der Waals surface area contributed by atoms with Crippen LogP contribution in [0.3, 0.4) is 0 Å². The van der Waals surface area contributed by atoms with Crippen molar-refractivity contribution in [2.75, 3.05) is 14.2 Å². The lowest BCUT2D eigenvalue weighted by molar-refractivity contribution is 0.0766. The van der Waals surface area contributed by atoms with Gasteiger partial charge < -0.3 is 14.2 Å². The van der Waals surface area contributed by atoms with E-state index in [2.05, 4.69) is 15.4 Å². The van der Waals surface area contributed by atoms with Gasteiger partial charge in [0.25, 0.3) is 5.91 Å². The fraction of sp³-hybridized carbons (Fsp3) is 0.278. The zero-order chi connectivity index (χ0) is 17.8. The lowest BCUT2D eigenvalue weighted by Crippen LogP contribution is -2.26. The second-order valence-corrected chi connectivity index (χ2v) is 5.69. The van der Waals surface area contributed by atoms with Gasteiger partial charge >= 0.3 is 0 Å². The maximum atomic E-state index is 12.5. The number of aryl methyl sites for hydroxylation is 1. The van der Waals surface area contributed by atoms with Crippen molar-refractivity contribution >= 4 is 5.91 Å². The van der Waals surface area contributed by atoms with Crippen LogP contribution in [-0.4, -0.2) is 40.3 Å². The molecule has 130 valence electrons. The van der Waals surface area contributed by atoms with Crippen molar-refractivity contribution in [3.8, 4) is 17.0 Å². The fourth-order valence-electron chi connectivity index (χ4n) is 2.45. The molecule has 3 rings (SSSR count). The average molecular weight is 340 g/mol. The topological polar surface area (TPSA) is 84.3 Å². The number of ether oxygens (including phenoxy) is 1. The predicted octanol–water partition coefficient (Wildman–Crippen LogP) is 2.91. The lowest BCUT2D eigenvalue weighted by atomic mass is 10.1. The third kappa shape index (κ3) is 3.71. The highest BCUT2D eigenvalue weighted by molar-refractivity contribution is 5.93. The van der Waals surface area contributed by atoms with Gasteiger partial charge in [0.1, 0.15) is 11.4 Å².